The van der Waals surface area contributed by atoms with Crippen molar-refractivity contribution in [3.63, 3.8) is 0 Å². The Kier molecular flexibility index (Phi) is 5.71. The first-order valence-corrected chi connectivity index (χ1v) is 8.04. The summed E-state index contributed by atoms with van der Waals surface area (Å²) < 4.78 is 1.20. The molecule has 1 aromatic rings. The quantitative estimate of drug-likeness (QED) is 0.821. The Labute approximate surface area is 119 Å². The summed E-state index contributed by atoms with van der Waals surface area (Å²) in [6, 6.07) is 8.79. The van der Waals surface area contributed by atoms with E-state index in [4.69, 9.17) is 0 Å². The van der Waals surface area contributed by atoms with Gasteiger partial charge in [0.25, 0.3) is 0 Å². The van der Waals surface area contributed by atoms with E-state index in [1.165, 1.54) is 48.7 Å². The van der Waals surface area contributed by atoms with Gasteiger partial charge in [0.2, 0.25) is 0 Å². The Balaban J connectivity index is 1.99. The Morgan fingerprint density at radius 2 is 2.11 bits per heavy atom. The molecule has 0 aromatic heterocycles. The van der Waals surface area contributed by atoms with Gasteiger partial charge in [-0.2, -0.15) is 0 Å². The third-order valence-electron chi connectivity index (χ3n) is 4.11. The molecule has 2 heteroatoms. The lowest BCUT2D eigenvalue weighted by Crippen LogP contribution is -2.28. The molecule has 0 saturated heterocycles. The number of halogens is 1. The maximum atomic E-state index is 3.57. The van der Waals surface area contributed by atoms with Crippen LogP contribution in [0.3, 0.4) is 0 Å². The summed E-state index contributed by atoms with van der Waals surface area (Å²) >= 11 is 3.57. The van der Waals surface area contributed by atoms with E-state index in [0.717, 1.165) is 18.4 Å². The first kappa shape index (κ1) is 14.1. The van der Waals surface area contributed by atoms with Gasteiger partial charge in [-0.1, -0.05) is 60.7 Å². The summed E-state index contributed by atoms with van der Waals surface area (Å²) in [4.78, 5) is 0. The van der Waals surface area contributed by atoms with Crippen LogP contribution in [-0.2, 0) is 6.42 Å². The molecule has 1 unspecified atom stereocenters. The highest BCUT2D eigenvalue weighted by Gasteiger charge is 2.24. The van der Waals surface area contributed by atoms with Gasteiger partial charge >= 0.3 is 0 Å². The third kappa shape index (κ3) is 4.10. The first-order chi connectivity index (χ1) is 8.79. The van der Waals surface area contributed by atoms with Gasteiger partial charge in [-0.15, -0.1) is 0 Å². The molecule has 100 valence electrons. The largest absolute Gasteiger partial charge is 0.317 e. The molecule has 1 aliphatic carbocycles. The van der Waals surface area contributed by atoms with Crippen LogP contribution in [0.4, 0.5) is 0 Å². The van der Waals surface area contributed by atoms with Gasteiger partial charge in [-0.3, -0.25) is 0 Å². The highest BCUT2D eigenvalue weighted by Crippen LogP contribution is 2.33. The van der Waals surface area contributed by atoms with Crippen LogP contribution in [0.2, 0.25) is 0 Å². The number of nitrogens with one attached hydrogen (secondary N) is 1. The van der Waals surface area contributed by atoms with E-state index in [1.807, 2.05) is 0 Å². The maximum absolute atomic E-state index is 3.57. The van der Waals surface area contributed by atoms with Crippen molar-refractivity contribution in [1.29, 1.82) is 0 Å². The highest BCUT2D eigenvalue weighted by atomic mass is 79.9. The normalized spacial score (nSPS) is 18.1. The van der Waals surface area contributed by atoms with Crippen molar-refractivity contribution in [3.8, 4) is 0 Å². The topological polar surface area (TPSA) is 12.0 Å². The monoisotopic (exact) mass is 309 g/mol. The standard InChI is InChI=1S/C16H24BrN/c1-2-18-12-15(14-7-3-4-8-14)10-13-6-5-9-16(17)11-13/h5-6,9,11,14-15,18H,2-4,7-8,10,12H2,1H3. The zero-order valence-electron chi connectivity index (χ0n) is 11.3. The van der Waals surface area contributed by atoms with Crippen LogP contribution in [0.1, 0.15) is 38.2 Å². The van der Waals surface area contributed by atoms with Crippen molar-refractivity contribution in [2.24, 2.45) is 11.8 Å². The van der Waals surface area contributed by atoms with Crippen molar-refractivity contribution in [2.75, 3.05) is 13.1 Å². The molecule has 1 aliphatic rings. The third-order valence-corrected chi connectivity index (χ3v) is 4.60. The summed E-state index contributed by atoms with van der Waals surface area (Å²) in [7, 11) is 0. The molecule has 0 amide bonds. The highest BCUT2D eigenvalue weighted by molar-refractivity contribution is 9.10. The molecular weight excluding hydrogens is 286 g/mol. The molecule has 0 radical (unpaired) electrons. The first-order valence-electron chi connectivity index (χ1n) is 7.24. The number of benzene rings is 1. The zero-order valence-corrected chi connectivity index (χ0v) is 12.9. The van der Waals surface area contributed by atoms with Gasteiger partial charge < -0.3 is 5.32 Å². The molecule has 0 heterocycles. The predicted molar refractivity (Wildman–Crippen MR) is 81.8 cm³/mol. The van der Waals surface area contributed by atoms with Crippen LogP contribution in [0.25, 0.3) is 0 Å². The van der Waals surface area contributed by atoms with Gasteiger partial charge in [-0.05, 0) is 49.0 Å². The van der Waals surface area contributed by atoms with E-state index in [-0.39, 0.29) is 0 Å². The second-order valence-electron chi connectivity index (χ2n) is 5.45. The van der Waals surface area contributed by atoms with Crippen molar-refractivity contribution in [3.05, 3.63) is 34.3 Å². The van der Waals surface area contributed by atoms with Crippen molar-refractivity contribution >= 4 is 15.9 Å². The molecule has 1 N–H and O–H groups in total. The molecule has 1 nitrogen and oxygen atoms in total. The summed E-state index contributed by atoms with van der Waals surface area (Å²) in [5.74, 6) is 1.74. The lowest BCUT2D eigenvalue weighted by atomic mass is 9.85. The molecule has 18 heavy (non-hydrogen) atoms. The fraction of sp³-hybridized carbons (Fsp3) is 0.625. The fourth-order valence-corrected chi connectivity index (χ4v) is 3.58. The van der Waals surface area contributed by atoms with Crippen LogP contribution < -0.4 is 5.32 Å². The Morgan fingerprint density at radius 1 is 1.33 bits per heavy atom. The van der Waals surface area contributed by atoms with Gasteiger partial charge in [0.1, 0.15) is 0 Å². The fourth-order valence-electron chi connectivity index (χ4n) is 3.13. The summed E-state index contributed by atoms with van der Waals surface area (Å²) in [5.41, 5.74) is 1.47. The minimum atomic E-state index is 0.807. The summed E-state index contributed by atoms with van der Waals surface area (Å²) in [6.07, 6.45) is 6.96. The summed E-state index contributed by atoms with van der Waals surface area (Å²) in [6.45, 7) is 4.46. The minimum absolute atomic E-state index is 0.807. The van der Waals surface area contributed by atoms with Crippen LogP contribution in [-0.4, -0.2) is 13.1 Å². The van der Waals surface area contributed by atoms with E-state index in [2.05, 4.69) is 52.4 Å². The van der Waals surface area contributed by atoms with Crippen LogP contribution in [0, 0.1) is 11.8 Å². The molecule has 0 bridgehead atoms. The summed E-state index contributed by atoms with van der Waals surface area (Å²) in [5, 5.41) is 3.55. The van der Waals surface area contributed by atoms with Gasteiger partial charge in [0.05, 0.1) is 0 Å². The number of rotatable bonds is 6. The van der Waals surface area contributed by atoms with Gasteiger partial charge in [0, 0.05) is 4.47 Å². The zero-order chi connectivity index (χ0) is 12.8. The number of hydrogen-bond acceptors (Lipinski definition) is 1. The molecule has 0 spiro atoms. The number of hydrogen-bond donors (Lipinski definition) is 1. The van der Waals surface area contributed by atoms with Crippen LogP contribution in [0.5, 0.6) is 0 Å². The second-order valence-corrected chi connectivity index (χ2v) is 6.36. The van der Waals surface area contributed by atoms with E-state index in [0.29, 0.717) is 0 Å². The average molecular weight is 310 g/mol. The molecule has 2 rings (SSSR count). The maximum Gasteiger partial charge on any atom is 0.0177 e. The van der Waals surface area contributed by atoms with Crippen molar-refractivity contribution in [2.45, 2.75) is 39.0 Å². The van der Waals surface area contributed by atoms with Crippen LogP contribution in [0.15, 0.2) is 28.7 Å². The average Bonchev–Trinajstić information content (AvgIpc) is 2.88. The van der Waals surface area contributed by atoms with Crippen molar-refractivity contribution < 1.29 is 0 Å². The van der Waals surface area contributed by atoms with Gasteiger partial charge in [0.15, 0.2) is 0 Å². The Hall–Kier alpha value is -0.340. The van der Waals surface area contributed by atoms with E-state index in [1.54, 1.807) is 0 Å². The molecule has 1 saturated carbocycles. The molecule has 1 fully saturated rings. The lowest BCUT2D eigenvalue weighted by molar-refractivity contribution is 0.323. The van der Waals surface area contributed by atoms with E-state index >= 15 is 0 Å². The van der Waals surface area contributed by atoms with E-state index < -0.39 is 0 Å². The predicted octanol–water partition coefficient (Wildman–Crippen LogP) is 4.41. The minimum Gasteiger partial charge on any atom is -0.317 e. The lowest BCUT2D eigenvalue weighted by Gasteiger charge is -2.24. The SMILES string of the molecule is CCNCC(Cc1cccc(Br)c1)C1CCCC1. The second kappa shape index (κ2) is 7.30. The van der Waals surface area contributed by atoms with Crippen LogP contribution >= 0.6 is 15.9 Å². The molecule has 0 aliphatic heterocycles. The molecule has 1 atom stereocenters. The smallest absolute Gasteiger partial charge is 0.0177 e. The molecule has 1 aromatic carbocycles. The Bertz CT molecular complexity index is 358. The van der Waals surface area contributed by atoms with Gasteiger partial charge in [-0.25, -0.2) is 0 Å². The molecular formula is C16H24BrN. The van der Waals surface area contributed by atoms with Crippen molar-refractivity contribution in [1.82, 2.24) is 5.32 Å². The van der Waals surface area contributed by atoms with E-state index in [9.17, 15) is 0 Å². The Morgan fingerprint density at radius 3 is 2.78 bits per heavy atom.